The summed E-state index contributed by atoms with van der Waals surface area (Å²) in [6.07, 6.45) is 3.14. The number of Topliss-reactive ketones (excluding diaryl/α,β-unsaturated/α-hetero) is 1. The van der Waals surface area contributed by atoms with Crippen molar-refractivity contribution >= 4 is 11.8 Å². The molecule has 0 amide bonds. The van der Waals surface area contributed by atoms with Crippen molar-refractivity contribution in [3.63, 3.8) is 0 Å². The molecule has 0 saturated heterocycles. The fraction of sp³-hybridized carbons (Fsp3) is 0.400. The van der Waals surface area contributed by atoms with Gasteiger partial charge < -0.3 is 4.74 Å². The highest BCUT2D eigenvalue weighted by Crippen LogP contribution is 2.00. The van der Waals surface area contributed by atoms with Crippen LogP contribution in [0.25, 0.3) is 0 Å². The van der Waals surface area contributed by atoms with E-state index in [0.717, 1.165) is 0 Å². The van der Waals surface area contributed by atoms with Gasteiger partial charge in [0.1, 0.15) is 0 Å². The van der Waals surface area contributed by atoms with Crippen molar-refractivity contribution in [1.29, 1.82) is 0 Å². The molecule has 0 aliphatic heterocycles. The second kappa shape index (κ2) is 5.85. The van der Waals surface area contributed by atoms with Crippen molar-refractivity contribution in [1.82, 2.24) is 9.97 Å². The number of hydrogen-bond acceptors (Lipinski definition) is 5. The molecule has 1 heterocycles. The van der Waals surface area contributed by atoms with Gasteiger partial charge in [-0.15, -0.1) is 0 Å². The van der Waals surface area contributed by atoms with Crippen LogP contribution in [0.5, 0.6) is 0 Å². The highest BCUT2D eigenvalue weighted by Gasteiger charge is 2.11. The molecule has 1 aromatic heterocycles. The smallest absolute Gasteiger partial charge is 0.306 e. The SMILES string of the molecule is CCOC(=O)CCC(=O)c1ncccn1. The first kappa shape index (κ1) is 11.3. The third-order valence-electron chi connectivity index (χ3n) is 1.68. The summed E-state index contributed by atoms with van der Waals surface area (Å²) < 4.78 is 4.70. The molecule has 0 saturated carbocycles. The molecule has 0 spiro atoms. The number of aromatic nitrogens is 2. The van der Waals surface area contributed by atoms with Crippen LogP contribution in [0.2, 0.25) is 0 Å². The lowest BCUT2D eigenvalue weighted by Crippen LogP contribution is -2.10. The van der Waals surface area contributed by atoms with E-state index in [9.17, 15) is 9.59 Å². The zero-order valence-corrected chi connectivity index (χ0v) is 8.47. The van der Waals surface area contributed by atoms with Gasteiger partial charge in [0.25, 0.3) is 0 Å². The van der Waals surface area contributed by atoms with Crippen LogP contribution in [-0.2, 0) is 9.53 Å². The van der Waals surface area contributed by atoms with E-state index < -0.39 is 0 Å². The summed E-state index contributed by atoms with van der Waals surface area (Å²) in [6, 6.07) is 1.63. The van der Waals surface area contributed by atoms with Crippen LogP contribution in [0.1, 0.15) is 30.4 Å². The Balaban J connectivity index is 2.40. The Bertz CT molecular complexity index is 338. The molecule has 1 aromatic rings. The van der Waals surface area contributed by atoms with Gasteiger partial charge in [-0.2, -0.15) is 0 Å². The molecule has 0 aliphatic carbocycles. The molecule has 5 nitrogen and oxygen atoms in total. The quantitative estimate of drug-likeness (QED) is 0.533. The lowest BCUT2D eigenvalue weighted by Gasteiger charge is -2.00. The third-order valence-corrected chi connectivity index (χ3v) is 1.68. The van der Waals surface area contributed by atoms with Gasteiger partial charge in [-0.3, -0.25) is 9.59 Å². The van der Waals surface area contributed by atoms with Gasteiger partial charge in [0.05, 0.1) is 13.0 Å². The predicted molar refractivity (Wildman–Crippen MR) is 52.2 cm³/mol. The molecular weight excluding hydrogens is 196 g/mol. The minimum Gasteiger partial charge on any atom is -0.466 e. The first-order valence-corrected chi connectivity index (χ1v) is 4.70. The van der Waals surface area contributed by atoms with Crippen LogP contribution in [-0.4, -0.2) is 28.3 Å². The Hall–Kier alpha value is -1.78. The zero-order valence-electron chi connectivity index (χ0n) is 8.47. The molecule has 0 atom stereocenters. The van der Waals surface area contributed by atoms with Crippen LogP contribution in [0.4, 0.5) is 0 Å². The first-order valence-electron chi connectivity index (χ1n) is 4.70. The van der Waals surface area contributed by atoms with Crippen LogP contribution in [0.15, 0.2) is 18.5 Å². The van der Waals surface area contributed by atoms with E-state index >= 15 is 0 Å². The molecule has 0 radical (unpaired) electrons. The molecule has 0 N–H and O–H groups in total. The largest absolute Gasteiger partial charge is 0.466 e. The molecule has 0 bridgehead atoms. The van der Waals surface area contributed by atoms with Crippen molar-refractivity contribution in [3.05, 3.63) is 24.3 Å². The van der Waals surface area contributed by atoms with Crippen molar-refractivity contribution in [2.24, 2.45) is 0 Å². The second-order valence-corrected chi connectivity index (χ2v) is 2.80. The maximum Gasteiger partial charge on any atom is 0.306 e. The number of ketones is 1. The molecule has 1 rings (SSSR count). The van der Waals surface area contributed by atoms with Crippen molar-refractivity contribution in [3.8, 4) is 0 Å². The highest BCUT2D eigenvalue weighted by molar-refractivity contribution is 5.94. The average molecular weight is 208 g/mol. The van der Waals surface area contributed by atoms with Gasteiger partial charge in [-0.25, -0.2) is 9.97 Å². The van der Waals surface area contributed by atoms with E-state index in [1.807, 2.05) is 0 Å². The topological polar surface area (TPSA) is 69.2 Å². The van der Waals surface area contributed by atoms with Crippen molar-refractivity contribution < 1.29 is 14.3 Å². The summed E-state index contributed by atoms with van der Waals surface area (Å²) in [4.78, 5) is 30.0. The molecule has 0 fully saturated rings. The normalized spacial score (nSPS) is 9.67. The minimum atomic E-state index is -0.373. The summed E-state index contributed by atoms with van der Waals surface area (Å²) in [5.74, 6) is -0.479. The van der Waals surface area contributed by atoms with Crippen LogP contribution in [0, 0.1) is 0 Å². The van der Waals surface area contributed by atoms with Crippen molar-refractivity contribution in [2.75, 3.05) is 6.61 Å². The van der Waals surface area contributed by atoms with Gasteiger partial charge in [0.15, 0.2) is 5.82 Å². The number of carbonyl (C=O) groups excluding carboxylic acids is 2. The standard InChI is InChI=1S/C10H12N2O3/c1-2-15-9(14)5-4-8(13)10-11-6-3-7-12-10/h3,6-7H,2,4-5H2,1H3. The maximum absolute atomic E-state index is 11.4. The van der Waals surface area contributed by atoms with E-state index in [4.69, 9.17) is 4.74 Å². The third kappa shape index (κ3) is 3.84. The van der Waals surface area contributed by atoms with E-state index in [-0.39, 0.29) is 30.4 Å². The number of carbonyl (C=O) groups is 2. The molecular formula is C10H12N2O3. The fourth-order valence-corrected chi connectivity index (χ4v) is 1.00. The fourth-order valence-electron chi connectivity index (χ4n) is 1.00. The molecule has 15 heavy (non-hydrogen) atoms. The monoisotopic (exact) mass is 208 g/mol. The number of esters is 1. The van der Waals surface area contributed by atoms with Gasteiger partial charge in [0, 0.05) is 18.8 Å². The van der Waals surface area contributed by atoms with E-state index in [1.54, 1.807) is 13.0 Å². The van der Waals surface area contributed by atoms with Crippen LogP contribution >= 0.6 is 0 Å². The second-order valence-electron chi connectivity index (χ2n) is 2.80. The summed E-state index contributed by atoms with van der Waals surface area (Å²) >= 11 is 0. The van der Waals surface area contributed by atoms with E-state index in [1.165, 1.54) is 12.4 Å². The molecule has 0 unspecified atom stereocenters. The number of rotatable bonds is 5. The van der Waals surface area contributed by atoms with Gasteiger partial charge >= 0.3 is 5.97 Å². The Labute approximate surface area is 87.5 Å². The van der Waals surface area contributed by atoms with E-state index in [2.05, 4.69) is 9.97 Å². The molecule has 0 aromatic carbocycles. The summed E-state index contributed by atoms with van der Waals surface area (Å²) in [5.41, 5.74) is 0. The summed E-state index contributed by atoms with van der Waals surface area (Å²) in [5, 5.41) is 0. The van der Waals surface area contributed by atoms with Gasteiger partial charge in [0.2, 0.25) is 5.78 Å². The molecule has 5 heteroatoms. The van der Waals surface area contributed by atoms with Gasteiger partial charge in [-0.1, -0.05) is 0 Å². The van der Waals surface area contributed by atoms with Crippen LogP contribution in [0.3, 0.4) is 0 Å². The number of ether oxygens (including phenoxy) is 1. The first-order chi connectivity index (χ1) is 7.24. The molecule has 80 valence electrons. The van der Waals surface area contributed by atoms with Crippen LogP contribution < -0.4 is 0 Å². The minimum absolute atomic E-state index is 0.0743. The lowest BCUT2D eigenvalue weighted by molar-refractivity contribution is -0.143. The molecule has 0 aliphatic rings. The highest BCUT2D eigenvalue weighted by atomic mass is 16.5. The average Bonchev–Trinajstić information content (AvgIpc) is 2.27. The Morgan fingerprint density at radius 1 is 1.27 bits per heavy atom. The predicted octanol–water partition coefficient (Wildman–Crippen LogP) is 1.00. The van der Waals surface area contributed by atoms with E-state index in [0.29, 0.717) is 6.61 Å². The Morgan fingerprint density at radius 3 is 2.53 bits per heavy atom. The number of nitrogens with zero attached hydrogens (tertiary/aromatic N) is 2. The Kier molecular flexibility index (Phi) is 4.40. The maximum atomic E-state index is 11.4. The van der Waals surface area contributed by atoms with Gasteiger partial charge in [-0.05, 0) is 13.0 Å². The summed E-state index contributed by atoms with van der Waals surface area (Å²) in [6.45, 7) is 2.05. The number of hydrogen-bond donors (Lipinski definition) is 0. The summed E-state index contributed by atoms with van der Waals surface area (Å²) in [7, 11) is 0. The Morgan fingerprint density at radius 2 is 1.93 bits per heavy atom. The lowest BCUT2D eigenvalue weighted by atomic mass is 10.2. The van der Waals surface area contributed by atoms with Crippen molar-refractivity contribution in [2.45, 2.75) is 19.8 Å². The zero-order chi connectivity index (χ0) is 11.1.